The molecule has 17 heavy (non-hydrogen) atoms. The zero-order valence-corrected chi connectivity index (χ0v) is 10.2. The van der Waals surface area contributed by atoms with E-state index in [0.29, 0.717) is 22.6 Å². The molecule has 0 fully saturated rings. The molecule has 90 valence electrons. The van der Waals surface area contributed by atoms with Gasteiger partial charge in [0.2, 0.25) is 5.75 Å². The minimum absolute atomic E-state index is 0.234. The molecule has 0 N–H and O–H groups in total. The van der Waals surface area contributed by atoms with E-state index in [-0.39, 0.29) is 5.88 Å². The Labute approximate surface area is 103 Å². The fraction of sp³-hybridized carbons (Fsp3) is 0.250. The van der Waals surface area contributed by atoms with Gasteiger partial charge in [0.1, 0.15) is 0 Å². The molecule has 0 amide bonds. The molecular weight excluding hydrogens is 244 g/mol. The summed E-state index contributed by atoms with van der Waals surface area (Å²) in [6.07, 6.45) is 0. The van der Waals surface area contributed by atoms with Gasteiger partial charge >= 0.3 is 5.63 Å². The minimum atomic E-state index is -0.459. The topological polar surface area (TPSA) is 48.7 Å². The van der Waals surface area contributed by atoms with Crippen LogP contribution in [0, 0.1) is 0 Å². The zero-order chi connectivity index (χ0) is 12.4. The Morgan fingerprint density at radius 1 is 1.29 bits per heavy atom. The molecule has 0 bridgehead atoms. The molecule has 2 rings (SSSR count). The van der Waals surface area contributed by atoms with E-state index in [4.69, 9.17) is 25.5 Å². The van der Waals surface area contributed by atoms with Crippen LogP contribution in [0.25, 0.3) is 11.0 Å². The van der Waals surface area contributed by atoms with Gasteiger partial charge in [0, 0.05) is 17.3 Å². The van der Waals surface area contributed by atoms with Crippen LogP contribution in [0.1, 0.15) is 5.56 Å². The quantitative estimate of drug-likeness (QED) is 0.624. The van der Waals surface area contributed by atoms with Gasteiger partial charge in [0.05, 0.1) is 14.2 Å². The maximum absolute atomic E-state index is 11.4. The Morgan fingerprint density at radius 2 is 2.06 bits per heavy atom. The van der Waals surface area contributed by atoms with Crippen molar-refractivity contribution >= 4 is 22.6 Å². The van der Waals surface area contributed by atoms with E-state index in [1.165, 1.54) is 20.3 Å². The number of rotatable bonds is 3. The first kappa shape index (κ1) is 11.8. The van der Waals surface area contributed by atoms with Crippen molar-refractivity contribution in [1.82, 2.24) is 0 Å². The van der Waals surface area contributed by atoms with Crippen LogP contribution in [-0.4, -0.2) is 14.2 Å². The summed E-state index contributed by atoms with van der Waals surface area (Å²) in [6, 6.07) is 4.91. The first-order chi connectivity index (χ1) is 8.21. The summed E-state index contributed by atoms with van der Waals surface area (Å²) in [4.78, 5) is 11.4. The molecule has 0 unspecified atom stereocenters. The predicted molar refractivity (Wildman–Crippen MR) is 65.1 cm³/mol. The number of fused-ring (bicyclic) bond motifs is 1. The Balaban J connectivity index is 2.89. The molecule has 0 aliphatic rings. The maximum atomic E-state index is 11.4. The molecule has 1 aromatic heterocycles. The van der Waals surface area contributed by atoms with Crippen LogP contribution >= 0.6 is 11.6 Å². The third-order valence-electron chi connectivity index (χ3n) is 2.48. The summed E-state index contributed by atoms with van der Waals surface area (Å²) in [7, 11) is 3.01. The van der Waals surface area contributed by atoms with E-state index in [1.54, 1.807) is 12.1 Å². The minimum Gasteiger partial charge on any atom is -0.493 e. The van der Waals surface area contributed by atoms with Crippen molar-refractivity contribution in [2.45, 2.75) is 5.88 Å². The van der Waals surface area contributed by atoms with Crippen LogP contribution < -0.4 is 15.1 Å². The molecule has 0 atom stereocenters. The molecular formula is C12H11ClO4. The van der Waals surface area contributed by atoms with Gasteiger partial charge in [0.25, 0.3) is 0 Å². The van der Waals surface area contributed by atoms with Gasteiger partial charge in [-0.05, 0) is 17.7 Å². The summed E-state index contributed by atoms with van der Waals surface area (Å²) in [6.45, 7) is 0. The Morgan fingerprint density at radius 3 is 2.65 bits per heavy atom. The smallest absolute Gasteiger partial charge is 0.336 e. The molecule has 4 nitrogen and oxygen atoms in total. The van der Waals surface area contributed by atoms with Crippen LogP contribution in [0.15, 0.2) is 27.4 Å². The molecule has 0 saturated carbocycles. The van der Waals surface area contributed by atoms with Gasteiger partial charge in [-0.1, -0.05) is 0 Å². The van der Waals surface area contributed by atoms with Crippen LogP contribution in [-0.2, 0) is 5.88 Å². The van der Waals surface area contributed by atoms with Crippen molar-refractivity contribution in [1.29, 1.82) is 0 Å². The molecule has 0 saturated heterocycles. The second-order valence-corrected chi connectivity index (χ2v) is 3.67. The highest BCUT2D eigenvalue weighted by molar-refractivity contribution is 6.18. The van der Waals surface area contributed by atoms with Gasteiger partial charge in [-0.2, -0.15) is 0 Å². The van der Waals surface area contributed by atoms with Crippen molar-refractivity contribution in [3.05, 3.63) is 34.2 Å². The van der Waals surface area contributed by atoms with E-state index in [0.717, 1.165) is 5.39 Å². The Bertz CT molecular complexity index is 603. The fourth-order valence-electron chi connectivity index (χ4n) is 1.71. The lowest BCUT2D eigenvalue weighted by molar-refractivity contribution is 0.352. The van der Waals surface area contributed by atoms with Crippen LogP contribution in [0.3, 0.4) is 0 Å². The molecule has 1 heterocycles. The largest absolute Gasteiger partial charge is 0.493 e. The van der Waals surface area contributed by atoms with E-state index in [2.05, 4.69) is 0 Å². The SMILES string of the molecule is COc1ccc2c(CCl)cc(=O)oc2c1OC. The summed E-state index contributed by atoms with van der Waals surface area (Å²) in [5.74, 6) is 1.14. The highest BCUT2D eigenvalue weighted by Gasteiger charge is 2.14. The lowest BCUT2D eigenvalue weighted by atomic mass is 10.1. The number of methoxy groups -OCH3 is 2. The normalized spacial score (nSPS) is 10.5. The van der Waals surface area contributed by atoms with Gasteiger partial charge in [-0.3, -0.25) is 0 Å². The van der Waals surface area contributed by atoms with Crippen molar-refractivity contribution in [3.63, 3.8) is 0 Å². The summed E-state index contributed by atoms with van der Waals surface area (Å²) in [5.41, 5.74) is 0.605. The Kier molecular flexibility index (Phi) is 3.24. The van der Waals surface area contributed by atoms with E-state index in [9.17, 15) is 4.79 Å². The van der Waals surface area contributed by atoms with Gasteiger partial charge in [0.15, 0.2) is 11.3 Å². The second-order valence-electron chi connectivity index (χ2n) is 3.40. The number of hydrogen-bond donors (Lipinski definition) is 0. The van der Waals surface area contributed by atoms with E-state index in [1.807, 2.05) is 0 Å². The first-order valence-corrected chi connectivity index (χ1v) is 5.48. The van der Waals surface area contributed by atoms with Crippen molar-refractivity contribution in [3.8, 4) is 11.5 Å². The summed E-state index contributed by atoms with van der Waals surface area (Å²) >= 11 is 5.79. The predicted octanol–water partition coefficient (Wildman–Crippen LogP) is 2.55. The first-order valence-electron chi connectivity index (χ1n) is 4.95. The molecule has 0 aliphatic heterocycles. The number of alkyl halides is 1. The van der Waals surface area contributed by atoms with Crippen LogP contribution in [0.2, 0.25) is 0 Å². The van der Waals surface area contributed by atoms with E-state index < -0.39 is 5.63 Å². The molecule has 0 radical (unpaired) electrons. The average Bonchev–Trinajstić information content (AvgIpc) is 2.36. The molecule has 5 heteroatoms. The lowest BCUT2D eigenvalue weighted by Crippen LogP contribution is -2.01. The summed E-state index contributed by atoms with van der Waals surface area (Å²) in [5, 5.41) is 0.747. The van der Waals surface area contributed by atoms with E-state index >= 15 is 0 Å². The number of hydrogen-bond acceptors (Lipinski definition) is 4. The number of halogens is 1. The van der Waals surface area contributed by atoms with Crippen LogP contribution in [0.5, 0.6) is 11.5 Å². The fourth-order valence-corrected chi connectivity index (χ4v) is 1.93. The van der Waals surface area contributed by atoms with Crippen molar-refractivity contribution < 1.29 is 13.9 Å². The number of ether oxygens (including phenoxy) is 2. The summed E-state index contributed by atoms with van der Waals surface area (Å²) < 4.78 is 15.5. The third kappa shape index (κ3) is 1.96. The Hall–Kier alpha value is -1.68. The van der Waals surface area contributed by atoms with Gasteiger partial charge < -0.3 is 13.9 Å². The highest BCUT2D eigenvalue weighted by atomic mass is 35.5. The lowest BCUT2D eigenvalue weighted by Gasteiger charge is -2.10. The average molecular weight is 255 g/mol. The molecule has 0 spiro atoms. The third-order valence-corrected chi connectivity index (χ3v) is 2.77. The van der Waals surface area contributed by atoms with Crippen molar-refractivity contribution in [2.75, 3.05) is 14.2 Å². The standard InChI is InChI=1S/C12H11ClO4/c1-15-9-4-3-8-7(6-13)5-10(14)17-11(8)12(9)16-2/h3-5H,6H2,1-2H3. The van der Waals surface area contributed by atoms with Gasteiger partial charge in [-0.25, -0.2) is 4.79 Å². The van der Waals surface area contributed by atoms with Gasteiger partial charge in [-0.15, -0.1) is 11.6 Å². The number of benzene rings is 1. The monoisotopic (exact) mass is 254 g/mol. The second kappa shape index (κ2) is 4.67. The molecule has 0 aliphatic carbocycles. The van der Waals surface area contributed by atoms with Crippen LogP contribution in [0.4, 0.5) is 0 Å². The molecule has 1 aromatic carbocycles. The zero-order valence-electron chi connectivity index (χ0n) is 9.45. The maximum Gasteiger partial charge on any atom is 0.336 e. The van der Waals surface area contributed by atoms with Crippen molar-refractivity contribution in [2.24, 2.45) is 0 Å². The highest BCUT2D eigenvalue weighted by Crippen LogP contribution is 2.35. The molecule has 2 aromatic rings.